The van der Waals surface area contributed by atoms with Crippen molar-refractivity contribution in [2.24, 2.45) is 0 Å². The van der Waals surface area contributed by atoms with Crippen LogP contribution in [0.2, 0.25) is 0 Å². The monoisotopic (exact) mass is 870 g/mol. The van der Waals surface area contributed by atoms with E-state index >= 15 is 0 Å². The lowest BCUT2D eigenvalue weighted by molar-refractivity contribution is -0.359. The lowest BCUT2D eigenvalue weighted by Crippen LogP contribution is -2.64. The van der Waals surface area contributed by atoms with Crippen LogP contribution in [-0.2, 0) is 37.9 Å². The van der Waals surface area contributed by atoms with Crippen LogP contribution in [0.5, 0.6) is 0 Å². The Labute approximate surface area is 341 Å². The molecule has 8 unspecified atom stereocenters. The minimum absolute atomic E-state index is 0.276. The second-order valence-corrected chi connectivity index (χ2v) is 15.0. The molecule has 4 rings (SSSR count). The zero-order chi connectivity index (χ0) is 43.1. The number of thiol groups is 1. The van der Waals surface area contributed by atoms with E-state index < -0.39 is 149 Å². The molecule has 20 atom stereocenters. The van der Waals surface area contributed by atoms with Crippen molar-refractivity contribution in [3.63, 3.8) is 0 Å². The summed E-state index contributed by atoms with van der Waals surface area (Å²) in [5, 5.41) is 139. The number of hydrogen-bond acceptors (Lipinski definition) is 23. The van der Waals surface area contributed by atoms with E-state index in [1.54, 1.807) is 0 Å². The third kappa shape index (κ3) is 13.7. The molecule has 4 heterocycles. The summed E-state index contributed by atoms with van der Waals surface area (Å²) in [6.07, 6.45) is -22.4. The summed E-state index contributed by atoms with van der Waals surface area (Å²) in [6.45, 7) is 0.196. The van der Waals surface area contributed by atoms with E-state index in [1.807, 2.05) is 0 Å². The zero-order valence-electron chi connectivity index (χ0n) is 32.4. The lowest BCUT2D eigenvalue weighted by Gasteiger charge is -2.45. The van der Waals surface area contributed by atoms with Gasteiger partial charge in [0.2, 0.25) is 0 Å². The van der Waals surface area contributed by atoms with Crippen molar-refractivity contribution in [2.45, 2.75) is 175 Å². The number of unbranched alkanes of at least 4 members (excludes halogenated alkanes) is 5. The van der Waals surface area contributed by atoms with Crippen LogP contribution in [0.4, 0.5) is 0 Å². The van der Waals surface area contributed by atoms with E-state index in [0.717, 1.165) is 44.3 Å². The highest BCUT2D eigenvalue weighted by molar-refractivity contribution is 7.80. The van der Waals surface area contributed by atoms with Crippen molar-refractivity contribution in [1.29, 1.82) is 0 Å². The molecule has 0 aromatic rings. The average Bonchev–Trinajstić information content (AvgIpc) is 3.22. The fourth-order valence-corrected chi connectivity index (χ4v) is 6.93. The molecule has 0 amide bonds. The van der Waals surface area contributed by atoms with Crippen molar-refractivity contribution in [2.75, 3.05) is 45.4 Å². The van der Waals surface area contributed by atoms with Crippen LogP contribution in [0.15, 0.2) is 0 Å². The van der Waals surface area contributed by atoms with Gasteiger partial charge in [0, 0.05) is 13.2 Å². The molecule has 0 radical (unpaired) electrons. The van der Waals surface area contributed by atoms with Gasteiger partial charge in [-0.3, -0.25) is 0 Å². The van der Waals surface area contributed by atoms with Gasteiger partial charge < -0.3 is 109 Å². The third-order valence-corrected chi connectivity index (χ3v) is 10.6. The van der Waals surface area contributed by atoms with Crippen LogP contribution >= 0.6 is 12.6 Å². The summed E-state index contributed by atoms with van der Waals surface area (Å²) in [5.41, 5.74) is 0. The Morgan fingerprint density at radius 1 is 0.397 bits per heavy atom. The summed E-state index contributed by atoms with van der Waals surface area (Å²) >= 11 is 4.12. The first kappa shape index (κ1) is 51.8. The summed E-state index contributed by atoms with van der Waals surface area (Å²) in [5.74, 6) is 0.755. The molecule has 0 spiro atoms. The van der Waals surface area contributed by atoms with Crippen molar-refractivity contribution < 1.29 is 109 Å². The smallest absolute Gasteiger partial charge is 0.187 e. The summed E-state index contributed by atoms with van der Waals surface area (Å²) in [7, 11) is 0. The van der Waals surface area contributed by atoms with Crippen LogP contribution in [0.25, 0.3) is 0 Å². The van der Waals surface area contributed by atoms with Crippen LogP contribution in [0.1, 0.15) is 51.9 Å². The van der Waals surface area contributed by atoms with E-state index in [4.69, 9.17) is 37.9 Å². The second-order valence-electron chi connectivity index (χ2n) is 14.6. The molecular formula is C35H66O22S. The maximum absolute atomic E-state index is 10.5. The van der Waals surface area contributed by atoms with Crippen LogP contribution in [0, 0.1) is 0 Å². The Hall–Kier alpha value is -0.530. The van der Waals surface area contributed by atoms with Gasteiger partial charge in [-0.15, -0.1) is 0 Å². The molecule has 23 heteroatoms. The lowest BCUT2D eigenvalue weighted by atomic mass is 9.97. The van der Waals surface area contributed by atoms with E-state index in [0.29, 0.717) is 13.0 Å². The highest BCUT2D eigenvalue weighted by Crippen LogP contribution is 2.31. The normalized spacial score (nSPS) is 43.4. The van der Waals surface area contributed by atoms with Gasteiger partial charge in [0.15, 0.2) is 25.2 Å². The van der Waals surface area contributed by atoms with Crippen LogP contribution in [0.3, 0.4) is 0 Å². The van der Waals surface area contributed by atoms with Crippen molar-refractivity contribution in [3.05, 3.63) is 0 Å². The summed E-state index contributed by atoms with van der Waals surface area (Å²) < 4.78 is 43.4. The minimum atomic E-state index is -1.70. The van der Waals surface area contributed by atoms with Crippen LogP contribution < -0.4 is 0 Å². The van der Waals surface area contributed by atoms with Crippen LogP contribution in [-0.4, -0.2) is 240 Å². The quantitative estimate of drug-likeness (QED) is 0.0400. The summed E-state index contributed by atoms with van der Waals surface area (Å²) in [6, 6.07) is 0. The maximum atomic E-state index is 10.5. The Balaban J connectivity index is 0.000000310. The molecule has 0 bridgehead atoms. The van der Waals surface area contributed by atoms with Gasteiger partial charge in [0.1, 0.15) is 97.7 Å². The van der Waals surface area contributed by atoms with Gasteiger partial charge >= 0.3 is 0 Å². The van der Waals surface area contributed by atoms with Gasteiger partial charge in [0.25, 0.3) is 0 Å². The highest BCUT2D eigenvalue weighted by Gasteiger charge is 2.52. The molecule has 0 aromatic heterocycles. The number of ether oxygens (including phenoxy) is 8. The Morgan fingerprint density at radius 3 is 1.09 bits per heavy atom. The number of aliphatic hydroxyl groups is 14. The topological polar surface area (TPSA) is 357 Å². The summed E-state index contributed by atoms with van der Waals surface area (Å²) in [4.78, 5) is 0. The van der Waals surface area contributed by atoms with Gasteiger partial charge in [-0.05, 0) is 25.0 Å². The first-order valence-electron chi connectivity index (χ1n) is 19.7. The molecule has 344 valence electrons. The van der Waals surface area contributed by atoms with Crippen molar-refractivity contribution >= 4 is 12.6 Å². The first-order valence-corrected chi connectivity index (χ1v) is 20.3. The molecule has 0 aromatic carbocycles. The fraction of sp³-hybridized carbons (Fsp3) is 1.00. The molecule has 4 saturated heterocycles. The molecular weight excluding hydrogens is 804 g/mol. The molecule has 4 aliphatic rings. The van der Waals surface area contributed by atoms with E-state index in [1.165, 1.54) is 0 Å². The van der Waals surface area contributed by atoms with Gasteiger partial charge in [-0.2, -0.15) is 12.6 Å². The predicted octanol–water partition coefficient (Wildman–Crippen LogP) is -6.07. The van der Waals surface area contributed by atoms with Gasteiger partial charge in [-0.25, -0.2) is 0 Å². The molecule has 4 aliphatic heterocycles. The molecule has 14 N–H and O–H groups in total. The molecule has 0 saturated carbocycles. The Bertz CT molecular complexity index is 1010. The van der Waals surface area contributed by atoms with Gasteiger partial charge in [-0.1, -0.05) is 32.6 Å². The average molecular weight is 871 g/mol. The molecule has 0 aliphatic carbocycles. The highest BCUT2D eigenvalue weighted by atomic mass is 32.1. The standard InChI is InChI=1S/C18H34O11.C17H32O11S/c1-2-3-4-5-6-26-17-15(25)13(23)16(10(8-20)28-17)29-18-14(24)12(22)11(21)9(7-19)27-18;18-6-8-10(20)11(21)13(23)17(26-8)28-15-9(7-19)27-16(14(24)12(15)22)25-4-2-1-3-5-29/h9-25H,2-8H2,1H3;8-24,29H,1-7H2/t9?,10?,11-,12-,13+,14?,15?,16-,17+,18-;8?,9?,10-,11-,12+,13?,14?,15+,16+,17-/m00/s1. The number of rotatable bonds is 20. The SMILES string of the molecule is CCCCCCO[C@@H]1OC(CO)[C@H](O[C@@H]2OC(CO)[C@H](O)[C@H](O)C2O)[C@H](O)C1O.OCC1O[C@@H](OCCCCCS)C(O)[C@@H](O)[C@@H]1O[C@@H]1OC(CO)[C@H](O)[C@H](O)C1O. The Kier molecular flexibility index (Phi) is 23.4. The van der Waals surface area contributed by atoms with Gasteiger partial charge in [0.05, 0.1) is 26.4 Å². The number of aliphatic hydroxyl groups excluding tert-OH is 14. The fourth-order valence-electron chi connectivity index (χ4n) is 6.70. The first-order chi connectivity index (χ1) is 27.7. The van der Waals surface area contributed by atoms with E-state index in [-0.39, 0.29) is 6.61 Å². The molecule has 58 heavy (non-hydrogen) atoms. The van der Waals surface area contributed by atoms with Crippen molar-refractivity contribution in [1.82, 2.24) is 0 Å². The van der Waals surface area contributed by atoms with E-state index in [2.05, 4.69) is 19.6 Å². The zero-order valence-corrected chi connectivity index (χ0v) is 33.3. The molecule has 22 nitrogen and oxygen atoms in total. The van der Waals surface area contributed by atoms with Crippen molar-refractivity contribution in [3.8, 4) is 0 Å². The van der Waals surface area contributed by atoms with E-state index in [9.17, 15) is 71.5 Å². The molecule has 4 fully saturated rings. The maximum Gasteiger partial charge on any atom is 0.187 e. The Morgan fingerprint density at radius 2 is 0.741 bits per heavy atom. The third-order valence-electron chi connectivity index (χ3n) is 10.3. The minimum Gasteiger partial charge on any atom is -0.394 e. The second kappa shape index (κ2) is 26.2. The largest absolute Gasteiger partial charge is 0.394 e. The predicted molar refractivity (Wildman–Crippen MR) is 197 cm³/mol. The number of hydrogen-bond donors (Lipinski definition) is 15.